The summed E-state index contributed by atoms with van der Waals surface area (Å²) >= 11 is 0. The van der Waals surface area contributed by atoms with Gasteiger partial charge in [-0.15, -0.1) is 0 Å². The minimum absolute atomic E-state index is 0.140. The van der Waals surface area contributed by atoms with Gasteiger partial charge in [-0.1, -0.05) is 36.8 Å². The van der Waals surface area contributed by atoms with E-state index in [1.54, 1.807) is 19.1 Å². The summed E-state index contributed by atoms with van der Waals surface area (Å²) in [6.07, 6.45) is 1.81. The van der Waals surface area contributed by atoms with Crippen LogP contribution >= 0.6 is 0 Å². The maximum Gasteiger partial charge on any atom is 0.251 e. The third kappa shape index (κ3) is 5.88. The molecule has 7 heteroatoms. The van der Waals surface area contributed by atoms with Gasteiger partial charge >= 0.3 is 0 Å². The topological polar surface area (TPSA) is 78.5 Å². The minimum Gasteiger partial charge on any atom is -0.349 e. The second-order valence-electron chi connectivity index (χ2n) is 7.54. The van der Waals surface area contributed by atoms with Crippen LogP contribution in [-0.4, -0.2) is 44.9 Å². The van der Waals surface area contributed by atoms with E-state index < -0.39 is 10.0 Å². The van der Waals surface area contributed by atoms with Crippen molar-refractivity contribution in [2.24, 2.45) is 0 Å². The fraction of sp³-hybridized carbons (Fsp3) is 0.409. The van der Waals surface area contributed by atoms with Gasteiger partial charge in [0, 0.05) is 37.8 Å². The summed E-state index contributed by atoms with van der Waals surface area (Å²) in [5.74, 6) is -0.158. The summed E-state index contributed by atoms with van der Waals surface area (Å²) < 4.78 is 26.4. The Kier molecular flexibility index (Phi) is 7.05. The maximum atomic E-state index is 12.5. The molecule has 1 saturated heterocycles. The normalized spacial score (nSPS) is 15.9. The Bertz CT molecular complexity index is 934. The van der Waals surface area contributed by atoms with E-state index in [1.807, 2.05) is 0 Å². The number of rotatable bonds is 7. The Labute approximate surface area is 173 Å². The number of sulfonamides is 1. The molecule has 3 rings (SSSR count). The Morgan fingerprint density at radius 1 is 1.10 bits per heavy atom. The number of aryl methyl sites for hydroxylation is 1. The van der Waals surface area contributed by atoms with Gasteiger partial charge in [0.25, 0.3) is 5.91 Å². The van der Waals surface area contributed by atoms with Crippen LogP contribution in [0.5, 0.6) is 0 Å². The fourth-order valence-corrected chi connectivity index (χ4v) is 4.67. The Morgan fingerprint density at radius 3 is 2.41 bits per heavy atom. The molecule has 0 atom stereocenters. The van der Waals surface area contributed by atoms with E-state index >= 15 is 0 Å². The molecule has 0 radical (unpaired) electrons. The molecule has 0 aliphatic carbocycles. The van der Waals surface area contributed by atoms with E-state index in [-0.39, 0.29) is 16.8 Å². The smallest absolute Gasteiger partial charge is 0.251 e. The lowest BCUT2D eigenvalue weighted by molar-refractivity contribution is 0.0909. The molecule has 156 valence electrons. The van der Waals surface area contributed by atoms with Crippen LogP contribution in [0.1, 0.15) is 41.3 Å². The average Bonchev–Trinajstić information content (AvgIpc) is 2.69. The molecule has 0 spiro atoms. The van der Waals surface area contributed by atoms with Gasteiger partial charge in [-0.3, -0.25) is 9.69 Å². The van der Waals surface area contributed by atoms with Crippen molar-refractivity contribution in [3.63, 3.8) is 0 Å². The van der Waals surface area contributed by atoms with Gasteiger partial charge in [0.1, 0.15) is 0 Å². The summed E-state index contributed by atoms with van der Waals surface area (Å²) in [5, 5.41) is 3.08. The standard InChI is InChI=1S/C22H29N3O3S/c1-3-23-29(27,28)21-9-7-19(8-10-21)22(26)24-20-11-13-25(14-12-20)16-18-6-4-5-17(2)15-18/h4-10,15,20,23H,3,11-14,16H2,1-2H3,(H,24,26). The van der Waals surface area contributed by atoms with Crippen molar-refractivity contribution in [1.82, 2.24) is 14.9 Å². The van der Waals surface area contributed by atoms with Crippen LogP contribution in [-0.2, 0) is 16.6 Å². The third-order valence-corrected chi connectivity index (χ3v) is 6.73. The number of nitrogens with zero attached hydrogens (tertiary/aromatic N) is 1. The van der Waals surface area contributed by atoms with Gasteiger partial charge < -0.3 is 5.32 Å². The molecule has 0 aromatic heterocycles. The highest BCUT2D eigenvalue weighted by Gasteiger charge is 2.21. The van der Waals surface area contributed by atoms with E-state index in [9.17, 15) is 13.2 Å². The monoisotopic (exact) mass is 415 g/mol. The molecule has 1 aliphatic heterocycles. The number of nitrogens with one attached hydrogen (secondary N) is 2. The molecule has 1 heterocycles. The number of piperidine rings is 1. The van der Waals surface area contributed by atoms with E-state index in [1.165, 1.54) is 23.3 Å². The summed E-state index contributed by atoms with van der Waals surface area (Å²) in [4.78, 5) is 15.1. The molecule has 2 N–H and O–H groups in total. The molecule has 2 aromatic rings. The lowest BCUT2D eigenvalue weighted by Gasteiger charge is -2.32. The van der Waals surface area contributed by atoms with Crippen LogP contribution in [0.25, 0.3) is 0 Å². The number of carbonyl (C=O) groups excluding carboxylic acids is 1. The Balaban J connectivity index is 1.50. The first kappa shape index (κ1) is 21.5. The van der Waals surface area contributed by atoms with Gasteiger partial charge in [0.15, 0.2) is 0 Å². The van der Waals surface area contributed by atoms with Crippen molar-refractivity contribution in [3.8, 4) is 0 Å². The van der Waals surface area contributed by atoms with E-state index in [4.69, 9.17) is 0 Å². The van der Waals surface area contributed by atoms with Crippen LogP contribution < -0.4 is 10.0 Å². The average molecular weight is 416 g/mol. The second-order valence-corrected chi connectivity index (χ2v) is 9.31. The van der Waals surface area contributed by atoms with Gasteiger partial charge in [0.05, 0.1) is 4.90 Å². The second kappa shape index (κ2) is 9.52. The zero-order valence-corrected chi connectivity index (χ0v) is 17.8. The quantitative estimate of drug-likeness (QED) is 0.729. The first-order chi connectivity index (χ1) is 13.9. The lowest BCUT2D eigenvalue weighted by atomic mass is 10.0. The van der Waals surface area contributed by atoms with Gasteiger partial charge in [-0.25, -0.2) is 13.1 Å². The van der Waals surface area contributed by atoms with Crippen LogP contribution in [0.4, 0.5) is 0 Å². The molecule has 6 nitrogen and oxygen atoms in total. The zero-order chi connectivity index (χ0) is 20.9. The highest BCUT2D eigenvalue weighted by atomic mass is 32.2. The molecular formula is C22H29N3O3S. The first-order valence-electron chi connectivity index (χ1n) is 10.1. The molecule has 1 aliphatic rings. The number of benzene rings is 2. The van der Waals surface area contributed by atoms with Crippen LogP contribution in [0, 0.1) is 6.92 Å². The minimum atomic E-state index is -3.50. The third-order valence-electron chi connectivity index (χ3n) is 5.17. The Morgan fingerprint density at radius 2 is 1.79 bits per heavy atom. The number of hydrogen-bond acceptors (Lipinski definition) is 4. The fourth-order valence-electron chi connectivity index (χ4n) is 3.63. The Hall–Kier alpha value is -2.22. The molecule has 0 bridgehead atoms. The summed E-state index contributed by atoms with van der Waals surface area (Å²) in [7, 11) is -3.50. The predicted octanol–water partition coefficient (Wildman–Crippen LogP) is 2.69. The van der Waals surface area contributed by atoms with E-state index in [2.05, 4.69) is 46.1 Å². The summed E-state index contributed by atoms with van der Waals surface area (Å²) in [6, 6.07) is 14.8. The van der Waals surface area contributed by atoms with Crippen molar-refractivity contribution in [2.45, 2.75) is 44.2 Å². The van der Waals surface area contributed by atoms with Gasteiger partial charge in [0.2, 0.25) is 10.0 Å². The van der Waals surface area contributed by atoms with Gasteiger partial charge in [-0.05, 0) is 49.6 Å². The molecule has 0 unspecified atom stereocenters. The van der Waals surface area contributed by atoms with Crippen molar-refractivity contribution >= 4 is 15.9 Å². The van der Waals surface area contributed by atoms with Gasteiger partial charge in [-0.2, -0.15) is 0 Å². The maximum absolute atomic E-state index is 12.5. The summed E-state index contributed by atoms with van der Waals surface area (Å²) in [6.45, 7) is 6.98. The largest absolute Gasteiger partial charge is 0.349 e. The van der Waals surface area contributed by atoms with Crippen LogP contribution in [0.3, 0.4) is 0 Å². The van der Waals surface area contributed by atoms with Crippen molar-refractivity contribution in [2.75, 3.05) is 19.6 Å². The van der Waals surface area contributed by atoms with Crippen LogP contribution in [0.15, 0.2) is 53.4 Å². The first-order valence-corrected chi connectivity index (χ1v) is 11.5. The molecule has 29 heavy (non-hydrogen) atoms. The predicted molar refractivity (Wildman–Crippen MR) is 114 cm³/mol. The molecule has 0 saturated carbocycles. The van der Waals surface area contributed by atoms with E-state index in [0.717, 1.165) is 32.5 Å². The number of likely N-dealkylation sites (tertiary alicyclic amines) is 1. The van der Waals surface area contributed by atoms with Crippen molar-refractivity contribution < 1.29 is 13.2 Å². The highest BCUT2D eigenvalue weighted by Crippen LogP contribution is 2.16. The highest BCUT2D eigenvalue weighted by molar-refractivity contribution is 7.89. The zero-order valence-electron chi connectivity index (χ0n) is 17.0. The van der Waals surface area contributed by atoms with Crippen molar-refractivity contribution in [3.05, 3.63) is 65.2 Å². The number of carbonyl (C=O) groups is 1. The molecular weight excluding hydrogens is 386 g/mol. The summed E-state index contributed by atoms with van der Waals surface area (Å²) in [5.41, 5.74) is 3.07. The molecule has 1 fully saturated rings. The van der Waals surface area contributed by atoms with E-state index in [0.29, 0.717) is 12.1 Å². The van der Waals surface area contributed by atoms with Crippen molar-refractivity contribution in [1.29, 1.82) is 0 Å². The lowest BCUT2D eigenvalue weighted by Crippen LogP contribution is -2.44. The molecule has 1 amide bonds. The SMILES string of the molecule is CCNS(=O)(=O)c1ccc(C(=O)NC2CCN(Cc3cccc(C)c3)CC2)cc1. The van der Waals surface area contributed by atoms with Crippen LogP contribution in [0.2, 0.25) is 0 Å². The number of amides is 1. The number of hydrogen-bond donors (Lipinski definition) is 2. The molecule has 2 aromatic carbocycles.